The summed E-state index contributed by atoms with van der Waals surface area (Å²) in [5.41, 5.74) is 0. The number of halogens is 3. The average Bonchev–Trinajstić information content (AvgIpc) is 2.24. The monoisotopic (exact) mass is 310 g/mol. The Bertz CT molecular complexity index is 411. The molecule has 1 aromatic carbocycles. The number of hydrogen-bond donors (Lipinski definition) is 0. The summed E-state index contributed by atoms with van der Waals surface area (Å²) >= 11 is 8.71. The molecule has 0 N–H and O–H groups in total. The van der Waals surface area contributed by atoms with E-state index in [1.807, 2.05) is 0 Å². The highest BCUT2D eigenvalue weighted by Crippen LogP contribution is 2.31. The molecule has 0 radical (unpaired) electrons. The van der Waals surface area contributed by atoms with Crippen molar-refractivity contribution in [3.8, 4) is 5.75 Å². The van der Waals surface area contributed by atoms with Gasteiger partial charge in [0, 0.05) is 6.07 Å². The van der Waals surface area contributed by atoms with Crippen molar-refractivity contribution in [2.45, 2.75) is 13.0 Å². The maximum Gasteiger partial charge on any atom is 0.346 e. The fourth-order valence-electron chi connectivity index (χ4n) is 0.999. The second-order valence-corrected chi connectivity index (χ2v) is 4.24. The normalized spacial score (nSPS) is 12.1. The molecular formula is C10H9BrClFO3. The first-order chi connectivity index (χ1) is 7.45. The molecule has 0 fully saturated rings. The summed E-state index contributed by atoms with van der Waals surface area (Å²) in [4.78, 5) is 11.1. The van der Waals surface area contributed by atoms with Gasteiger partial charge in [0.25, 0.3) is 0 Å². The molecule has 0 saturated heterocycles. The minimum absolute atomic E-state index is 0.0232. The number of carbonyl (C=O) groups is 1. The lowest BCUT2D eigenvalue weighted by Crippen LogP contribution is -2.25. The van der Waals surface area contributed by atoms with Crippen LogP contribution < -0.4 is 4.74 Å². The van der Waals surface area contributed by atoms with Gasteiger partial charge in [-0.05, 0) is 28.9 Å². The molecule has 1 rings (SSSR count). The number of rotatable bonds is 3. The topological polar surface area (TPSA) is 35.5 Å². The van der Waals surface area contributed by atoms with Gasteiger partial charge in [0.1, 0.15) is 11.6 Å². The van der Waals surface area contributed by atoms with Gasteiger partial charge in [-0.2, -0.15) is 0 Å². The highest BCUT2D eigenvalue weighted by Gasteiger charge is 2.17. The SMILES string of the molecule is COC(=O)[C@@H](C)Oc1cc(F)c(Cl)cc1Br. The number of carbonyl (C=O) groups excluding carboxylic acids is 1. The molecule has 1 atom stereocenters. The molecule has 1 aromatic rings. The van der Waals surface area contributed by atoms with E-state index in [0.717, 1.165) is 6.07 Å². The Hall–Kier alpha value is -0.810. The highest BCUT2D eigenvalue weighted by molar-refractivity contribution is 9.10. The summed E-state index contributed by atoms with van der Waals surface area (Å²) < 4.78 is 23.3. The quantitative estimate of drug-likeness (QED) is 0.635. The first-order valence-corrected chi connectivity index (χ1v) is 5.51. The molecule has 0 aliphatic rings. The Balaban J connectivity index is 2.89. The molecular weight excluding hydrogens is 302 g/mol. The van der Waals surface area contributed by atoms with Gasteiger partial charge >= 0.3 is 5.97 Å². The predicted octanol–water partition coefficient (Wildman–Crippen LogP) is 3.18. The highest BCUT2D eigenvalue weighted by atomic mass is 79.9. The zero-order valence-electron chi connectivity index (χ0n) is 8.59. The Kier molecular flexibility index (Phi) is 4.56. The third-order valence-electron chi connectivity index (χ3n) is 1.81. The summed E-state index contributed by atoms with van der Waals surface area (Å²) in [6.45, 7) is 1.50. The van der Waals surface area contributed by atoms with E-state index in [2.05, 4.69) is 20.7 Å². The van der Waals surface area contributed by atoms with Crippen molar-refractivity contribution in [3.63, 3.8) is 0 Å². The molecule has 0 saturated carbocycles. The standard InChI is InChI=1S/C10H9BrClFO3/c1-5(10(14)15-2)16-9-4-8(13)7(12)3-6(9)11/h3-5H,1-2H3/t5-/m1/s1. The second kappa shape index (κ2) is 5.50. The Labute approximate surface area is 106 Å². The van der Waals surface area contributed by atoms with Crippen LogP contribution in [0.5, 0.6) is 5.75 Å². The summed E-state index contributed by atoms with van der Waals surface area (Å²) in [6.07, 6.45) is -0.818. The van der Waals surface area contributed by atoms with Crippen molar-refractivity contribution in [1.29, 1.82) is 0 Å². The molecule has 0 amide bonds. The largest absolute Gasteiger partial charge is 0.478 e. The van der Waals surface area contributed by atoms with Crippen molar-refractivity contribution < 1.29 is 18.7 Å². The predicted molar refractivity (Wildman–Crippen MR) is 61.2 cm³/mol. The molecule has 0 aliphatic heterocycles. The average molecular weight is 312 g/mol. The summed E-state index contributed by atoms with van der Waals surface area (Å²) in [5.74, 6) is -0.959. The van der Waals surface area contributed by atoms with Crippen LogP contribution in [0, 0.1) is 5.82 Å². The third kappa shape index (κ3) is 3.09. The minimum atomic E-state index is -0.818. The zero-order chi connectivity index (χ0) is 12.3. The third-order valence-corrected chi connectivity index (χ3v) is 2.72. The van der Waals surface area contributed by atoms with Crippen LogP contribution in [0.25, 0.3) is 0 Å². The van der Waals surface area contributed by atoms with Crippen molar-refractivity contribution in [3.05, 3.63) is 27.4 Å². The summed E-state index contributed by atoms with van der Waals surface area (Å²) in [5, 5.41) is -0.0232. The molecule has 88 valence electrons. The summed E-state index contributed by atoms with van der Waals surface area (Å²) in [7, 11) is 1.25. The van der Waals surface area contributed by atoms with Gasteiger partial charge in [-0.1, -0.05) is 11.6 Å². The van der Waals surface area contributed by atoms with E-state index in [9.17, 15) is 9.18 Å². The van der Waals surface area contributed by atoms with Gasteiger partial charge in [-0.3, -0.25) is 0 Å². The fourth-order valence-corrected chi connectivity index (χ4v) is 1.73. The lowest BCUT2D eigenvalue weighted by molar-refractivity contribution is -0.147. The van der Waals surface area contributed by atoms with Crippen LogP contribution in [0.15, 0.2) is 16.6 Å². The van der Waals surface area contributed by atoms with Crippen molar-refractivity contribution >= 4 is 33.5 Å². The maximum absolute atomic E-state index is 13.1. The van der Waals surface area contributed by atoms with Gasteiger partial charge in [-0.25, -0.2) is 9.18 Å². The van der Waals surface area contributed by atoms with E-state index in [4.69, 9.17) is 16.3 Å². The molecule has 0 unspecified atom stereocenters. The van der Waals surface area contributed by atoms with Crippen LogP contribution in [-0.4, -0.2) is 19.2 Å². The number of hydrogen-bond acceptors (Lipinski definition) is 3. The van der Waals surface area contributed by atoms with Gasteiger partial charge in [0.2, 0.25) is 0 Å². The van der Waals surface area contributed by atoms with Crippen molar-refractivity contribution in [2.24, 2.45) is 0 Å². The van der Waals surface area contributed by atoms with Crippen LogP contribution in [0.4, 0.5) is 4.39 Å². The molecule has 0 heterocycles. The molecule has 16 heavy (non-hydrogen) atoms. The Morgan fingerprint density at radius 1 is 1.56 bits per heavy atom. The van der Waals surface area contributed by atoms with Crippen LogP contribution >= 0.6 is 27.5 Å². The van der Waals surface area contributed by atoms with Crippen LogP contribution in [-0.2, 0) is 9.53 Å². The smallest absolute Gasteiger partial charge is 0.346 e. The van der Waals surface area contributed by atoms with E-state index in [-0.39, 0.29) is 10.8 Å². The zero-order valence-corrected chi connectivity index (χ0v) is 10.9. The number of methoxy groups -OCH3 is 1. The second-order valence-electron chi connectivity index (χ2n) is 2.98. The van der Waals surface area contributed by atoms with Gasteiger partial charge in [-0.15, -0.1) is 0 Å². The van der Waals surface area contributed by atoms with E-state index in [0.29, 0.717) is 4.47 Å². The Morgan fingerprint density at radius 3 is 2.75 bits per heavy atom. The van der Waals surface area contributed by atoms with Crippen LogP contribution in [0.2, 0.25) is 5.02 Å². The number of benzene rings is 1. The van der Waals surface area contributed by atoms with E-state index in [1.54, 1.807) is 0 Å². The lowest BCUT2D eigenvalue weighted by atomic mass is 10.3. The molecule has 0 spiro atoms. The minimum Gasteiger partial charge on any atom is -0.478 e. The van der Waals surface area contributed by atoms with Gasteiger partial charge in [0.05, 0.1) is 16.6 Å². The van der Waals surface area contributed by atoms with Gasteiger partial charge < -0.3 is 9.47 Å². The van der Waals surface area contributed by atoms with Gasteiger partial charge in [0.15, 0.2) is 6.10 Å². The molecule has 6 heteroatoms. The first-order valence-electron chi connectivity index (χ1n) is 4.34. The van der Waals surface area contributed by atoms with E-state index >= 15 is 0 Å². The fraction of sp³-hybridized carbons (Fsp3) is 0.300. The molecule has 3 nitrogen and oxygen atoms in total. The number of ether oxygens (including phenoxy) is 2. The summed E-state index contributed by atoms with van der Waals surface area (Å²) in [6, 6.07) is 2.46. The maximum atomic E-state index is 13.1. The molecule has 0 bridgehead atoms. The van der Waals surface area contributed by atoms with Crippen molar-refractivity contribution in [1.82, 2.24) is 0 Å². The van der Waals surface area contributed by atoms with E-state index < -0.39 is 17.9 Å². The number of esters is 1. The lowest BCUT2D eigenvalue weighted by Gasteiger charge is -2.13. The Morgan fingerprint density at radius 2 is 2.19 bits per heavy atom. The first kappa shape index (κ1) is 13.3. The van der Waals surface area contributed by atoms with Crippen LogP contribution in [0.1, 0.15) is 6.92 Å². The van der Waals surface area contributed by atoms with Crippen molar-refractivity contribution in [2.75, 3.05) is 7.11 Å². The van der Waals surface area contributed by atoms with E-state index in [1.165, 1.54) is 20.1 Å². The molecule has 0 aliphatic carbocycles. The molecule has 0 aromatic heterocycles. The van der Waals surface area contributed by atoms with Crippen LogP contribution in [0.3, 0.4) is 0 Å².